The Balaban J connectivity index is 3.01. The average Bonchev–Trinajstić information content (AvgIpc) is 2.38. The van der Waals surface area contributed by atoms with Crippen molar-refractivity contribution in [3.05, 3.63) is 23.8 Å². The normalized spacial score (nSPS) is 13.7. The number of carboxylic acids is 1. The number of hydrogen-bond acceptors (Lipinski definition) is 4. The van der Waals surface area contributed by atoms with Gasteiger partial charge in [-0.15, -0.1) is 0 Å². The molecule has 5 heteroatoms. The summed E-state index contributed by atoms with van der Waals surface area (Å²) < 4.78 is 10.5. The summed E-state index contributed by atoms with van der Waals surface area (Å²) >= 11 is 0. The number of hydrogen-bond donors (Lipinski definition) is 2. The Kier molecular flexibility index (Phi) is 5.63. The second-order valence-corrected chi connectivity index (χ2v) is 4.46. The van der Waals surface area contributed by atoms with Gasteiger partial charge in [-0.05, 0) is 30.7 Å². The molecule has 0 fully saturated rings. The predicted octanol–water partition coefficient (Wildman–Crippen LogP) is 2.08. The van der Waals surface area contributed by atoms with Crippen LogP contribution in [0.4, 0.5) is 0 Å². The number of nitrogens with one attached hydrogen (secondary N) is 1. The largest absolute Gasteiger partial charge is 0.493 e. The number of rotatable bonds is 7. The highest BCUT2D eigenvalue weighted by Gasteiger charge is 2.21. The molecule has 1 rings (SSSR count). The Morgan fingerprint density at radius 1 is 1.32 bits per heavy atom. The zero-order valence-corrected chi connectivity index (χ0v) is 11.8. The minimum atomic E-state index is -0.798. The third kappa shape index (κ3) is 3.86. The van der Waals surface area contributed by atoms with Gasteiger partial charge in [0.05, 0.1) is 14.2 Å². The van der Waals surface area contributed by atoms with Gasteiger partial charge in [-0.2, -0.15) is 0 Å². The van der Waals surface area contributed by atoms with Crippen LogP contribution in [0.2, 0.25) is 0 Å². The summed E-state index contributed by atoms with van der Waals surface area (Å²) in [6.07, 6.45) is 0.111. The molecule has 0 aromatic heterocycles. The highest BCUT2D eigenvalue weighted by molar-refractivity contribution is 5.67. The zero-order valence-electron chi connectivity index (χ0n) is 11.8. The molecule has 0 saturated heterocycles. The molecule has 0 aliphatic carbocycles. The molecule has 2 N–H and O–H groups in total. The summed E-state index contributed by atoms with van der Waals surface area (Å²) in [4.78, 5) is 10.8. The molecule has 2 atom stereocenters. The van der Waals surface area contributed by atoms with Crippen molar-refractivity contribution in [2.45, 2.75) is 19.4 Å². The lowest BCUT2D eigenvalue weighted by Crippen LogP contribution is -2.25. The van der Waals surface area contributed by atoms with Gasteiger partial charge in [0.15, 0.2) is 11.5 Å². The summed E-state index contributed by atoms with van der Waals surface area (Å²) in [6, 6.07) is 5.57. The van der Waals surface area contributed by atoms with Gasteiger partial charge in [0.25, 0.3) is 0 Å². The van der Waals surface area contributed by atoms with E-state index in [9.17, 15) is 4.79 Å². The molecule has 1 aromatic rings. The van der Waals surface area contributed by atoms with Crippen molar-refractivity contribution < 1.29 is 19.4 Å². The number of ether oxygens (including phenoxy) is 2. The maximum absolute atomic E-state index is 10.8. The van der Waals surface area contributed by atoms with Crippen LogP contribution in [0.3, 0.4) is 0 Å². The van der Waals surface area contributed by atoms with Crippen LogP contribution in [-0.4, -0.2) is 32.3 Å². The average molecular weight is 267 g/mol. The topological polar surface area (TPSA) is 67.8 Å². The quantitative estimate of drug-likeness (QED) is 0.791. The standard InChI is InChI=1S/C14H21NO4/c1-9(7-13(16)17)14(15-2)10-5-6-11(18-3)12(8-10)19-4/h5-6,8-9,14-15H,7H2,1-4H3,(H,16,17). The van der Waals surface area contributed by atoms with Gasteiger partial charge in [-0.1, -0.05) is 13.0 Å². The van der Waals surface area contributed by atoms with Gasteiger partial charge in [0.2, 0.25) is 0 Å². The van der Waals surface area contributed by atoms with Crippen LogP contribution in [0.5, 0.6) is 11.5 Å². The lowest BCUT2D eigenvalue weighted by molar-refractivity contribution is -0.138. The second-order valence-electron chi connectivity index (χ2n) is 4.46. The monoisotopic (exact) mass is 267 g/mol. The molecular weight excluding hydrogens is 246 g/mol. The van der Waals surface area contributed by atoms with Crippen molar-refractivity contribution in [2.24, 2.45) is 5.92 Å². The molecule has 0 saturated carbocycles. The van der Waals surface area contributed by atoms with Gasteiger partial charge < -0.3 is 19.9 Å². The van der Waals surface area contributed by atoms with E-state index in [2.05, 4.69) is 5.32 Å². The van der Waals surface area contributed by atoms with Crippen LogP contribution in [0.1, 0.15) is 24.9 Å². The summed E-state index contributed by atoms with van der Waals surface area (Å²) in [5, 5.41) is 12.0. The van der Waals surface area contributed by atoms with E-state index in [-0.39, 0.29) is 18.4 Å². The molecule has 2 unspecified atom stereocenters. The molecule has 106 valence electrons. The van der Waals surface area contributed by atoms with E-state index in [4.69, 9.17) is 14.6 Å². The van der Waals surface area contributed by atoms with E-state index in [1.54, 1.807) is 14.2 Å². The van der Waals surface area contributed by atoms with Crippen molar-refractivity contribution in [1.82, 2.24) is 5.32 Å². The fourth-order valence-electron chi connectivity index (χ4n) is 2.22. The summed E-state index contributed by atoms with van der Waals surface area (Å²) in [5.74, 6) is 0.476. The molecule has 0 aliphatic rings. The lowest BCUT2D eigenvalue weighted by atomic mass is 9.92. The molecule has 0 radical (unpaired) electrons. The summed E-state index contributed by atoms with van der Waals surface area (Å²) in [5.41, 5.74) is 0.980. The first kappa shape index (κ1) is 15.3. The maximum Gasteiger partial charge on any atom is 0.303 e. The Bertz CT molecular complexity index is 433. The van der Waals surface area contributed by atoms with Crippen molar-refractivity contribution in [2.75, 3.05) is 21.3 Å². The predicted molar refractivity (Wildman–Crippen MR) is 72.8 cm³/mol. The van der Waals surface area contributed by atoms with E-state index in [0.29, 0.717) is 11.5 Å². The Hall–Kier alpha value is -1.75. The summed E-state index contributed by atoms with van der Waals surface area (Å²) in [6.45, 7) is 1.91. The third-order valence-corrected chi connectivity index (χ3v) is 3.14. The summed E-state index contributed by atoms with van der Waals surface area (Å²) in [7, 11) is 4.98. The second kappa shape index (κ2) is 6.99. The number of carbonyl (C=O) groups is 1. The Morgan fingerprint density at radius 2 is 1.95 bits per heavy atom. The van der Waals surface area contributed by atoms with E-state index < -0.39 is 5.97 Å². The molecule has 0 spiro atoms. The van der Waals surface area contributed by atoms with Gasteiger partial charge in [-0.25, -0.2) is 0 Å². The fourth-order valence-corrected chi connectivity index (χ4v) is 2.22. The first-order chi connectivity index (χ1) is 9.03. The number of methoxy groups -OCH3 is 2. The minimum absolute atomic E-state index is 0.0272. The van der Waals surface area contributed by atoms with Crippen LogP contribution in [0.25, 0.3) is 0 Å². The number of benzene rings is 1. The van der Waals surface area contributed by atoms with Crippen molar-refractivity contribution in [3.8, 4) is 11.5 Å². The van der Waals surface area contributed by atoms with E-state index >= 15 is 0 Å². The van der Waals surface area contributed by atoms with Crippen LogP contribution in [0.15, 0.2) is 18.2 Å². The highest BCUT2D eigenvalue weighted by atomic mass is 16.5. The van der Waals surface area contributed by atoms with Crippen molar-refractivity contribution in [1.29, 1.82) is 0 Å². The molecule has 1 aromatic carbocycles. The lowest BCUT2D eigenvalue weighted by Gasteiger charge is -2.23. The van der Waals surface area contributed by atoms with Crippen LogP contribution >= 0.6 is 0 Å². The molecule has 0 bridgehead atoms. The maximum atomic E-state index is 10.8. The van der Waals surface area contributed by atoms with Crippen LogP contribution in [-0.2, 0) is 4.79 Å². The number of aliphatic carboxylic acids is 1. The highest BCUT2D eigenvalue weighted by Crippen LogP contribution is 2.32. The minimum Gasteiger partial charge on any atom is -0.493 e. The molecular formula is C14H21NO4. The fraction of sp³-hybridized carbons (Fsp3) is 0.500. The van der Waals surface area contributed by atoms with Crippen molar-refractivity contribution in [3.63, 3.8) is 0 Å². The van der Waals surface area contributed by atoms with Crippen LogP contribution in [0, 0.1) is 5.92 Å². The molecule has 0 heterocycles. The molecule has 5 nitrogen and oxygen atoms in total. The van der Waals surface area contributed by atoms with E-state index in [1.165, 1.54) is 0 Å². The Morgan fingerprint density at radius 3 is 2.42 bits per heavy atom. The molecule has 0 aliphatic heterocycles. The SMILES string of the molecule is CNC(c1ccc(OC)c(OC)c1)C(C)CC(=O)O. The zero-order chi connectivity index (χ0) is 14.4. The van der Waals surface area contributed by atoms with Gasteiger partial charge >= 0.3 is 5.97 Å². The van der Waals surface area contributed by atoms with E-state index in [0.717, 1.165) is 5.56 Å². The Labute approximate surface area is 113 Å². The molecule has 0 amide bonds. The van der Waals surface area contributed by atoms with Gasteiger partial charge in [0.1, 0.15) is 0 Å². The first-order valence-corrected chi connectivity index (χ1v) is 6.14. The van der Waals surface area contributed by atoms with Crippen LogP contribution < -0.4 is 14.8 Å². The van der Waals surface area contributed by atoms with Gasteiger partial charge in [-0.3, -0.25) is 4.79 Å². The van der Waals surface area contributed by atoms with Gasteiger partial charge in [0, 0.05) is 12.5 Å². The molecule has 19 heavy (non-hydrogen) atoms. The van der Waals surface area contributed by atoms with Crippen molar-refractivity contribution >= 4 is 5.97 Å². The first-order valence-electron chi connectivity index (χ1n) is 6.14. The third-order valence-electron chi connectivity index (χ3n) is 3.14. The van der Waals surface area contributed by atoms with E-state index in [1.807, 2.05) is 32.2 Å². The number of carboxylic acid groups (broad SMARTS) is 1. The smallest absolute Gasteiger partial charge is 0.303 e.